The number of anilines is 2. The Bertz CT molecular complexity index is 412. The molecule has 4 N–H and O–H groups in total. The molecule has 1 atom stereocenters. The van der Waals surface area contributed by atoms with Crippen molar-refractivity contribution in [2.45, 2.75) is 19.9 Å². The monoisotopic (exact) mass is 255 g/mol. The first-order chi connectivity index (χ1) is 8.63. The van der Waals surface area contributed by atoms with Crippen molar-refractivity contribution in [1.29, 1.82) is 0 Å². The van der Waals surface area contributed by atoms with Crippen molar-refractivity contribution < 1.29 is 14.3 Å². The van der Waals surface area contributed by atoms with Crippen molar-refractivity contribution in [2.24, 2.45) is 5.84 Å². The molecule has 1 rings (SSSR count). The molecule has 1 aromatic rings. The number of rotatable bonds is 6. The molecule has 0 aliphatic heterocycles. The minimum atomic E-state index is -0.556. The summed E-state index contributed by atoms with van der Waals surface area (Å²) in [7, 11) is 1.46. The number of hydrogen-bond donors (Lipinski definition) is 3. The number of nitrogens with zero attached hydrogens (tertiary/aromatic N) is 2. The van der Waals surface area contributed by atoms with Crippen LogP contribution in [0.1, 0.15) is 13.8 Å². The summed E-state index contributed by atoms with van der Waals surface area (Å²) in [6, 6.07) is -0.556. The number of carbonyl (C=O) groups is 1. The molecule has 1 unspecified atom stereocenters. The Hall–Kier alpha value is -2.09. The smallest absolute Gasteiger partial charge is 0.328 e. The molecule has 1 aromatic heterocycles. The molecule has 0 saturated carbocycles. The maximum absolute atomic E-state index is 11.5. The number of ether oxygens (including phenoxy) is 2. The Morgan fingerprint density at radius 1 is 1.50 bits per heavy atom. The van der Waals surface area contributed by atoms with Crippen LogP contribution in [0.25, 0.3) is 0 Å². The van der Waals surface area contributed by atoms with E-state index in [9.17, 15) is 4.79 Å². The normalized spacial score (nSPS) is 11.6. The molecule has 18 heavy (non-hydrogen) atoms. The van der Waals surface area contributed by atoms with E-state index in [1.165, 1.54) is 13.4 Å². The summed E-state index contributed by atoms with van der Waals surface area (Å²) >= 11 is 0. The van der Waals surface area contributed by atoms with Crippen LogP contribution in [0.4, 0.5) is 11.6 Å². The van der Waals surface area contributed by atoms with E-state index in [4.69, 9.17) is 15.3 Å². The molecule has 1 heterocycles. The standard InChI is InChI=1S/C10H17N5O3/c1-4-18-10(16)6(2)14-8-7(17-3)9(15-11)13-5-12-8/h5-6H,4,11H2,1-3H3,(H2,12,13,14,15). The summed E-state index contributed by atoms with van der Waals surface area (Å²) in [5.41, 5.74) is 2.38. The van der Waals surface area contributed by atoms with Crippen molar-refractivity contribution in [3.63, 3.8) is 0 Å². The van der Waals surface area contributed by atoms with E-state index in [0.717, 1.165) is 0 Å². The van der Waals surface area contributed by atoms with Crippen LogP contribution in [0.3, 0.4) is 0 Å². The molecule has 8 heteroatoms. The van der Waals surface area contributed by atoms with Gasteiger partial charge in [-0.3, -0.25) is 0 Å². The molecule has 0 bridgehead atoms. The van der Waals surface area contributed by atoms with E-state index in [0.29, 0.717) is 24.0 Å². The first-order valence-corrected chi connectivity index (χ1v) is 5.42. The summed E-state index contributed by atoms with van der Waals surface area (Å²) in [5.74, 6) is 5.94. The average molecular weight is 255 g/mol. The fourth-order valence-corrected chi connectivity index (χ4v) is 1.30. The van der Waals surface area contributed by atoms with Crippen LogP contribution in [0.15, 0.2) is 6.33 Å². The highest BCUT2D eigenvalue weighted by atomic mass is 16.5. The van der Waals surface area contributed by atoms with Gasteiger partial charge >= 0.3 is 5.97 Å². The van der Waals surface area contributed by atoms with Crippen molar-refractivity contribution in [2.75, 3.05) is 24.5 Å². The number of aromatic nitrogens is 2. The molecular formula is C10H17N5O3. The van der Waals surface area contributed by atoms with Crippen LogP contribution < -0.4 is 21.3 Å². The lowest BCUT2D eigenvalue weighted by atomic mass is 10.3. The van der Waals surface area contributed by atoms with Gasteiger partial charge in [0.15, 0.2) is 11.6 Å². The molecule has 0 fully saturated rings. The van der Waals surface area contributed by atoms with Gasteiger partial charge in [-0.15, -0.1) is 0 Å². The van der Waals surface area contributed by atoms with E-state index < -0.39 is 6.04 Å². The van der Waals surface area contributed by atoms with Crippen LogP contribution in [-0.2, 0) is 9.53 Å². The highest BCUT2D eigenvalue weighted by Gasteiger charge is 2.18. The van der Waals surface area contributed by atoms with Gasteiger partial charge in [0, 0.05) is 0 Å². The number of carbonyl (C=O) groups excluding carboxylic acids is 1. The van der Waals surface area contributed by atoms with E-state index in [1.54, 1.807) is 13.8 Å². The fraction of sp³-hybridized carbons (Fsp3) is 0.500. The number of hydrazine groups is 1. The van der Waals surface area contributed by atoms with E-state index in [2.05, 4.69) is 20.7 Å². The zero-order valence-corrected chi connectivity index (χ0v) is 10.6. The van der Waals surface area contributed by atoms with Gasteiger partial charge in [-0.2, -0.15) is 0 Å². The first-order valence-electron chi connectivity index (χ1n) is 5.42. The highest BCUT2D eigenvalue weighted by Crippen LogP contribution is 2.28. The van der Waals surface area contributed by atoms with Gasteiger partial charge in [-0.25, -0.2) is 20.6 Å². The van der Waals surface area contributed by atoms with Gasteiger partial charge in [-0.05, 0) is 13.8 Å². The van der Waals surface area contributed by atoms with Gasteiger partial charge < -0.3 is 20.2 Å². The molecular weight excluding hydrogens is 238 g/mol. The lowest BCUT2D eigenvalue weighted by Gasteiger charge is -2.16. The predicted octanol–water partition coefficient (Wildman–Crippen LogP) is 0.134. The Balaban J connectivity index is 2.87. The quantitative estimate of drug-likeness (QED) is 0.374. The summed E-state index contributed by atoms with van der Waals surface area (Å²) in [4.78, 5) is 19.4. The maximum atomic E-state index is 11.5. The largest absolute Gasteiger partial charge is 0.490 e. The van der Waals surface area contributed by atoms with E-state index in [-0.39, 0.29) is 5.97 Å². The second-order valence-electron chi connectivity index (χ2n) is 3.37. The minimum Gasteiger partial charge on any atom is -0.490 e. The second kappa shape index (κ2) is 6.60. The van der Waals surface area contributed by atoms with Gasteiger partial charge in [0.25, 0.3) is 0 Å². The molecule has 8 nitrogen and oxygen atoms in total. The first kappa shape index (κ1) is 14.0. The van der Waals surface area contributed by atoms with E-state index in [1.807, 2.05) is 0 Å². The zero-order chi connectivity index (χ0) is 13.5. The molecule has 0 aliphatic rings. The van der Waals surface area contributed by atoms with Crippen LogP contribution in [0, 0.1) is 0 Å². The van der Waals surface area contributed by atoms with Crippen molar-refractivity contribution in [1.82, 2.24) is 9.97 Å². The average Bonchev–Trinajstić information content (AvgIpc) is 2.38. The number of nitrogens with one attached hydrogen (secondary N) is 2. The highest BCUT2D eigenvalue weighted by molar-refractivity contribution is 5.79. The van der Waals surface area contributed by atoms with Crippen LogP contribution in [0.5, 0.6) is 5.75 Å². The van der Waals surface area contributed by atoms with Crippen molar-refractivity contribution in [3.05, 3.63) is 6.33 Å². The summed E-state index contributed by atoms with van der Waals surface area (Å²) in [6.07, 6.45) is 1.30. The van der Waals surface area contributed by atoms with Gasteiger partial charge in [0.1, 0.15) is 12.4 Å². The molecule has 0 radical (unpaired) electrons. The van der Waals surface area contributed by atoms with Crippen molar-refractivity contribution in [3.8, 4) is 5.75 Å². The maximum Gasteiger partial charge on any atom is 0.328 e. The lowest BCUT2D eigenvalue weighted by Crippen LogP contribution is -2.29. The summed E-state index contributed by atoms with van der Waals surface area (Å²) in [6.45, 7) is 3.72. The van der Waals surface area contributed by atoms with Crippen LogP contribution >= 0.6 is 0 Å². The Morgan fingerprint density at radius 2 is 2.17 bits per heavy atom. The van der Waals surface area contributed by atoms with Gasteiger partial charge in [0.05, 0.1) is 13.7 Å². The SMILES string of the molecule is CCOC(=O)C(C)Nc1ncnc(NN)c1OC. The zero-order valence-electron chi connectivity index (χ0n) is 10.6. The van der Waals surface area contributed by atoms with Crippen LogP contribution in [-0.4, -0.2) is 35.7 Å². The molecule has 0 saturated heterocycles. The summed E-state index contributed by atoms with van der Waals surface area (Å²) < 4.78 is 10.0. The number of nitrogen functional groups attached to an aromatic ring is 1. The molecule has 0 amide bonds. The Kier molecular flexibility index (Phi) is 5.12. The third-order valence-electron chi connectivity index (χ3n) is 2.14. The third-order valence-corrected chi connectivity index (χ3v) is 2.14. The third kappa shape index (κ3) is 3.20. The molecule has 0 aromatic carbocycles. The Morgan fingerprint density at radius 3 is 2.72 bits per heavy atom. The predicted molar refractivity (Wildman–Crippen MR) is 66.1 cm³/mol. The summed E-state index contributed by atoms with van der Waals surface area (Å²) in [5, 5.41) is 2.87. The topological polar surface area (TPSA) is 111 Å². The van der Waals surface area contributed by atoms with Gasteiger partial charge in [0.2, 0.25) is 5.75 Å². The minimum absolute atomic E-state index is 0.321. The molecule has 0 aliphatic carbocycles. The van der Waals surface area contributed by atoms with Crippen LogP contribution in [0.2, 0.25) is 0 Å². The number of methoxy groups -OCH3 is 1. The molecule has 100 valence electrons. The van der Waals surface area contributed by atoms with Gasteiger partial charge in [-0.1, -0.05) is 0 Å². The van der Waals surface area contributed by atoms with E-state index >= 15 is 0 Å². The number of esters is 1. The number of nitrogens with two attached hydrogens (primary N) is 1. The Labute approximate surface area is 105 Å². The lowest BCUT2D eigenvalue weighted by molar-refractivity contribution is -0.143. The van der Waals surface area contributed by atoms with Crippen molar-refractivity contribution >= 4 is 17.6 Å². The second-order valence-corrected chi connectivity index (χ2v) is 3.37. The molecule has 0 spiro atoms. The number of hydrogen-bond acceptors (Lipinski definition) is 8. The fourth-order valence-electron chi connectivity index (χ4n) is 1.30.